The van der Waals surface area contributed by atoms with Gasteiger partial charge in [0.1, 0.15) is 5.75 Å². The van der Waals surface area contributed by atoms with Crippen LogP contribution in [0.15, 0.2) is 23.1 Å². The van der Waals surface area contributed by atoms with Crippen LogP contribution >= 0.6 is 11.8 Å². The van der Waals surface area contributed by atoms with Crippen molar-refractivity contribution in [1.82, 2.24) is 5.32 Å². The number of ether oxygens (including phenoxy) is 2. The van der Waals surface area contributed by atoms with Gasteiger partial charge in [-0.1, -0.05) is 6.07 Å². The Morgan fingerprint density at radius 3 is 3.06 bits per heavy atom. The second kappa shape index (κ2) is 5.42. The van der Waals surface area contributed by atoms with Gasteiger partial charge < -0.3 is 14.8 Å². The summed E-state index contributed by atoms with van der Waals surface area (Å²) in [6.45, 7) is 0. The number of esters is 1. The Bertz CT molecular complexity index is 422. The molecule has 17 heavy (non-hydrogen) atoms. The van der Waals surface area contributed by atoms with Gasteiger partial charge in [-0.25, -0.2) is 0 Å². The molecule has 1 aromatic rings. The molecule has 1 unspecified atom stereocenters. The molecule has 0 radical (unpaired) electrons. The summed E-state index contributed by atoms with van der Waals surface area (Å²) in [4.78, 5) is 12.5. The highest BCUT2D eigenvalue weighted by Crippen LogP contribution is 2.36. The van der Waals surface area contributed by atoms with E-state index < -0.39 is 0 Å². The van der Waals surface area contributed by atoms with Crippen LogP contribution in [0.3, 0.4) is 0 Å². The molecule has 2 rings (SSSR count). The van der Waals surface area contributed by atoms with Crippen LogP contribution in [0.2, 0.25) is 0 Å². The minimum absolute atomic E-state index is 0.0320. The average molecular weight is 253 g/mol. The van der Waals surface area contributed by atoms with Crippen LogP contribution in [-0.2, 0) is 9.53 Å². The molecule has 0 saturated heterocycles. The van der Waals surface area contributed by atoms with Gasteiger partial charge in [0.2, 0.25) is 0 Å². The molecule has 0 spiro atoms. The number of methoxy groups -OCH3 is 2. The summed E-state index contributed by atoms with van der Waals surface area (Å²) >= 11 is 1.71. The zero-order valence-corrected chi connectivity index (χ0v) is 10.7. The molecule has 0 amide bonds. The van der Waals surface area contributed by atoms with Crippen LogP contribution in [0.4, 0.5) is 0 Å². The summed E-state index contributed by atoms with van der Waals surface area (Å²) in [7, 11) is 3.06. The van der Waals surface area contributed by atoms with Gasteiger partial charge in [0, 0.05) is 16.8 Å². The van der Waals surface area contributed by atoms with E-state index in [9.17, 15) is 4.79 Å². The number of nitrogens with one attached hydrogen (secondary N) is 1. The van der Waals surface area contributed by atoms with Gasteiger partial charge in [-0.2, -0.15) is 0 Å². The molecule has 92 valence electrons. The van der Waals surface area contributed by atoms with Gasteiger partial charge >= 0.3 is 5.97 Å². The lowest BCUT2D eigenvalue weighted by atomic mass is 10.0. The number of carbonyl (C=O) groups excluding carboxylic acids is 1. The van der Waals surface area contributed by atoms with Crippen molar-refractivity contribution >= 4 is 17.7 Å². The molecular formula is C12H15NO3S. The van der Waals surface area contributed by atoms with Gasteiger partial charge in [-0.05, 0) is 17.7 Å². The van der Waals surface area contributed by atoms with Crippen LogP contribution in [-0.4, -0.2) is 26.1 Å². The number of hydrogen-bond acceptors (Lipinski definition) is 5. The number of rotatable bonds is 3. The Morgan fingerprint density at radius 1 is 1.53 bits per heavy atom. The topological polar surface area (TPSA) is 47.6 Å². The molecule has 5 heteroatoms. The molecule has 1 atom stereocenters. The number of thioether (sulfide) groups is 1. The van der Waals surface area contributed by atoms with Crippen molar-refractivity contribution in [3.8, 4) is 5.75 Å². The second-order valence-corrected chi connectivity index (χ2v) is 4.75. The van der Waals surface area contributed by atoms with E-state index in [1.807, 2.05) is 18.2 Å². The molecule has 0 bridgehead atoms. The molecule has 4 nitrogen and oxygen atoms in total. The first-order valence-corrected chi connectivity index (χ1v) is 6.34. The molecule has 0 aromatic heterocycles. The summed E-state index contributed by atoms with van der Waals surface area (Å²) < 4.78 is 9.89. The van der Waals surface area contributed by atoms with Gasteiger partial charge in [-0.15, -0.1) is 11.8 Å². The first kappa shape index (κ1) is 12.3. The molecule has 0 aliphatic carbocycles. The second-order valence-electron chi connectivity index (χ2n) is 3.73. The number of fused-ring (bicyclic) bond motifs is 1. The van der Waals surface area contributed by atoms with Crippen molar-refractivity contribution in [3.63, 3.8) is 0 Å². The fourth-order valence-corrected chi connectivity index (χ4v) is 2.83. The summed E-state index contributed by atoms with van der Waals surface area (Å²) in [5.74, 6) is 1.44. The van der Waals surface area contributed by atoms with E-state index in [-0.39, 0.29) is 12.0 Å². The molecule has 1 aromatic carbocycles. The number of benzene rings is 1. The fraction of sp³-hybridized carbons (Fsp3) is 0.417. The maximum Gasteiger partial charge on any atom is 0.307 e. The predicted octanol–water partition coefficient (Wildman–Crippen LogP) is 1.95. The van der Waals surface area contributed by atoms with E-state index in [0.29, 0.717) is 6.42 Å². The maximum atomic E-state index is 11.3. The highest BCUT2D eigenvalue weighted by Gasteiger charge is 2.23. The van der Waals surface area contributed by atoms with Gasteiger partial charge in [0.05, 0.1) is 20.6 Å². The van der Waals surface area contributed by atoms with E-state index >= 15 is 0 Å². The monoisotopic (exact) mass is 253 g/mol. The van der Waals surface area contributed by atoms with E-state index in [1.54, 1.807) is 18.9 Å². The third-order valence-corrected chi connectivity index (χ3v) is 3.73. The molecule has 0 saturated carbocycles. The minimum Gasteiger partial charge on any atom is -0.497 e. The van der Waals surface area contributed by atoms with Crippen LogP contribution in [0, 0.1) is 0 Å². The fourth-order valence-electron chi connectivity index (χ4n) is 1.82. The summed E-state index contributed by atoms with van der Waals surface area (Å²) in [5.41, 5.74) is 1.13. The number of hydrogen-bond donors (Lipinski definition) is 1. The molecule has 1 N–H and O–H groups in total. The van der Waals surface area contributed by atoms with E-state index in [2.05, 4.69) is 5.32 Å². The van der Waals surface area contributed by atoms with Crippen molar-refractivity contribution in [1.29, 1.82) is 0 Å². The summed E-state index contributed by atoms with van der Waals surface area (Å²) in [6, 6.07) is 5.95. The third kappa shape index (κ3) is 2.73. The first-order chi connectivity index (χ1) is 8.24. The van der Waals surface area contributed by atoms with Crippen LogP contribution in [0.25, 0.3) is 0 Å². The minimum atomic E-state index is -0.198. The SMILES string of the molecule is COC(=O)CC1NCSc2cc(OC)ccc21. The van der Waals surface area contributed by atoms with Crippen molar-refractivity contribution in [3.05, 3.63) is 23.8 Å². The molecular weight excluding hydrogens is 238 g/mol. The Balaban J connectivity index is 2.22. The normalized spacial score (nSPS) is 18.4. The zero-order chi connectivity index (χ0) is 12.3. The first-order valence-electron chi connectivity index (χ1n) is 5.35. The Morgan fingerprint density at radius 2 is 2.35 bits per heavy atom. The zero-order valence-electron chi connectivity index (χ0n) is 9.86. The Kier molecular flexibility index (Phi) is 3.91. The highest BCUT2D eigenvalue weighted by molar-refractivity contribution is 7.99. The maximum absolute atomic E-state index is 11.3. The largest absolute Gasteiger partial charge is 0.497 e. The lowest BCUT2D eigenvalue weighted by Crippen LogP contribution is -2.27. The van der Waals surface area contributed by atoms with Gasteiger partial charge in [0.25, 0.3) is 0 Å². The van der Waals surface area contributed by atoms with Crippen molar-refractivity contribution < 1.29 is 14.3 Å². The molecule has 0 fully saturated rings. The van der Waals surface area contributed by atoms with Crippen molar-refractivity contribution in [2.45, 2.75) is 17.4 Å². The standard InChI is InChI=1S/C12H15NO3S/c1-15-8-3-4-9-10(6-12(14)16-2)13-7-17-11(9)5-8/h3-5,10,13H,6-7H2,1-2H3. The van der Waals surface area contributed by atoms with E-state index in [4.69, 9.17) is 9.47 Å². The van der Waals surface area contributed by atoms with Gasteiger partial charge in [-0.3, -0.25) is 4.79 Å². The number of carbonyl (C=O) groups is 1. The molecule has 1 aliphatic heterocycles. The Labute approximate surface area is 105 Å². The van der Waals surface area contributed by atoms with Crippen molar-refractivity contribution in [2.24, 2.45) is 0 Å². The molecule has 1 heterocycles. The van der Waals surface area contributed by atoms with Crippen LogP contribution < -0.4 is 10.1 Å². The lowest BCUT2D eigenvalue weighted by molar-refractivity contribution is -0.141. The summed E-state index contributed by atoms with van der Waals surface area (Å²) in [5, 5.41) is 3.30. The van der Waals surface area contributed by atoms with Gasteiger partial charge in [0.15, 0.2) is 0 Å². The predicted molar refractivity (Wildman–Crippen MR) is 66.2 cm³/mol. The smallest absolute Gasteiger partial charge is 0.307 e. The van der Waals surface area contributed by atoms with Crippen molar-refractivity contribution in [2.75, 3.05) is 20.1 Å². The van der Waals surface area contributed by atoms with Crippen LogP contribution in [0.1, 0.15) is 18.0 Å². The highest BCUT2D eigenvalue weighted by atomic mass is 32.2. The lowest BCUT2D eigenvalue weighted by Gasteiger charge is -2.25. The third-order valence-electron chi connectivity index (χ3n) is 2.75. The summed E-state index contributed by atoms with van der Waals surface area (Å²) in [6.07, 6.45) is 0.358. The average Bonchev–Trinajstić information content (AvgIpc) is 2.38. The quantitative estimate of drug-likeness (QED) is 0.834. The van der Waals surface area contributed by atoms with E-state index in [1.165, 1.54) is 7.11 Å². The van der Waals surface area contributed by atoms with Crippen LogP contribution in [0.5, 0.6) is 5.75 Å². The van der Waals surface area contributed by atoms with E-state index in [0.717, 1.165) is 22.1 Å². The Hall–Kier alpha value is -1.20. The molecule has 1 aliphatic rings.